The van der Waals surface area contributed by atoms with Gasteiger partial charge in [0.15, 0.2) is 5.17 Å². The van der Waals surface area contributed by atoms with E-state index in [4.69, 9.17) is 0 Å². The summed E-state index contributed by atoms with van der Waals surface area (Å²) in [5.74, 6) is -0.348. The van der Waals surface area contributed by atoms with Crippen molar-refractivity contribution < 1.29 is 31.1 Å². The van der Waals surface area contributed by atoms with Crippen LogP contribution in [0.3, 0.4) is 0 Å². The zero-order valence-corrected chi connectivity index (χ0v) is 21.3. The lowest BCUT2D eigenvalue weighted by Crippen LogP contribution is -2.35. The Labute approximate surface area is 227 Å². The number of halogens is 6. The average molecular weight is 576 g/mol. The number of benzene rings is 2. The largest absolute Gasteiger partial charge is 0.416 e. The van der Waals surface area contributed by atoms with Crippen LogP contribution in [0.2, 0.25) is 0 Å². The number of carbonyl (C=O) groups is 1. The number of alkyl halides is 6. The molecule has 2 aliphatic rings. The summed E-state index contributed by atoms with van der Waals surface area (Å²) >= 11 is 1.29. The van der Waals surface area contributed by atoms with E-state index in [9.17, 15) is 31.1 Å². The first-order valence-electron chi connectivity index (χ1n) is 12.1. The summed E-state index contributed by atoms with van der Waals surface area (Å²) in [6, 6.07) is 10.7. The van der Waals surface area contributed by atoms with Gasteiger partial charge < -0.3 is 9.47 Å². The number of aromatic nitrogens is 3. The normalized spacial score (nSPS) is 17.1. The Morgan fingerprint density at radius 3 is 2.58 bits per heavy atom. The summed E-state index contributed by atoms with van der Waals surface area (Å²) < 4.78 is 83.3. The van der Waals surface area contributed by atoms with Crippen molar-refractivity contribution in [3.05, 3.63) is 93.8 Å². The summed E-state index contributed by atoms with van der Waals surface area (Å²) in [7, 11) is 0. The number of amides is 1. The highest BCUT2D eigenvalue weighted by atomic mass is 32.2. The van der Waals surface area contributed by atoms with E-state index < -0.39 is 23.5 Å². The van der Waals surface area contributed by atoms with Gasteiger partial charge in [0.25, 0.3) is 5.91 Å². The molecule has 4 heterocycles. The number of carbonyl (C=O) groups excluding carboxylic acids is 1. The average Bonchev–Trinajstić information content (AvgIpc) is 3.61. The van der Waals surface area contributed by atoms with E-state index in [0.29, 0.717) is 39.2 Å². The molecule has 206 valence electrons. The first kappa shape index (κ1) is 26.2. The van der Waals surface area contributed by atoms with Crippen LogP contribution >= 0.6 is 11.8 Å². The van der Waals surface area contributed by atoms with Crippen molar-refractivity contribution in [3.8, 4) is 0 Å². The van der Waals surface area contributed by atoms with Crippen LogP contribution in [0, 0.1) is 0 Å². The van der Waals surface area contributed by atoms with E-state index in [1.165, 1.54) is 22.6 Å². The fraction of sp³-hybridized carbons (Fsp3) is 0.222. The van der Waals surface area contributed by atoms with Gasteiger partial charge >= 0.3 is 12.4 Å². The molecule has 2 aliphatic heterocycles. The molecule has 2 aromatic heterocycles. The van der Waals surface area contributed by atoms with Gasteiger partial charge in [-0.1, -0.05) is 12.1 Å². The van der Waals surface area contributed by atoms with Crippen molar-refractivity contribution in [2.24, 2.45) is 4.99 Å². The van der Waals surface area contributed by atoms with E-state index >= 15 is 0 Å². The van der Waals surface area contributed by atoms with Gasteiger partial charge in [-0.15, -0.1) is 0 Å². The van der Waals surface area contributed by atoms with Gasteiger partial charge in [0.05, 0.1) is 40.8 Å². The lowest BCUT2D eigenvalue weighted by Gasteiger charge is -2.29. The van der Waals surface area contributed by atoms with E-state index in [1.807, 2.05) is 18.3 Å². The first-order chi connectivity index (χ1) is 19.0. The molecular weight excluding hydrogens is 556 g/mol. The van der Waals surface area contributed by atoms with Gasteiger partial charge in [0.2, 0.25) is 0 Å². The molecule has 0 bridgehead atoms. The minimum atomic E-state index is -4.97. The maximum Gasteiger partial charge on any atom is 0.416 e. The van der Waals surface area contributed by atoms with Crippen molar-refractivity contribution in [1.29, 1.82) is 0 Å². The van der Waals surface area contributed by atoms with Crippen LogP contribution in [0.25, 0.3) is 17.0 Å². The van der Waals surface area contributed by atoms with Crippen molar-refractivity contribution >= 4 is 39.8 Å². The van der Waals surface area contributed by atoms with Gasteiger partial charge in [-0.3, -0.25) is 9.48 Å². The first-order valence-corrected chi connectivity index (χ1v) is 12.9. The Morgan fingerprint density at radius 1 is 0.975 bits per heavy atom. The van der Waals surface area contributed by atoms with Crippen molar-refractivity contribution in [2.75, 3.05) is 6.54 Å². The topological polar surface area (TPSA) is 55.4 Å². The quantitative estimate of drug-likeness (QED) is 0.209. The summed E-state index contributed by atoms with van der Waals surface area (Å²) in [6.07, 6.45) is -4.69. The molecule has 0 saturated carbocycles. The standard InChI is InChI=1S/C27H19F6N5OS/c28-26(29,30)19-5-4-17(21(12-19)27(31,32)33)14-38-22-6-3-16(10-18(22)13-34-38)11-23-24(39)35-25(40-23)37-9-8-36-7-1-2-20(36)15-37/h1-7,10-13H,8-9,14-15H2. The smallest absolute Gasteiger partial charge is 0.348 e. The Bertz CT molecular complexity index is 1700. The molecule has 0 radical (unpaired) electrons. The SMILES string of the molecule is O=C1N=C(N2CCn3cccc3C2)SC1=Cc1ccc2c(cnn2Cc2ccc(C(F)(F)F)cc2C(F)(F)F)c1. The highest BCUT2D eigenvalue weighted by molar-refractivity contribution is 8.18. The number of amidine groups is 1. The van der Waals surface area contributed by atoms with Crippen molar-refractivity contribution in [3.63, 3.8) is 0 Å². The number of fused-ring (bicyclic) bond motifs is 2. The maximum absolute atomic E-state index is 13.6. The zero-order chi connectivity index (χ0) is 28.2. The monoisotopic (exact) mass is 575 g/mol. The highest BCUT2D eigenvalue weighted by Gasteiger charge is 2.38. The molecule has 1 amide bonds. The van der Waals surface area contributed by atoms with Crippen LogP contribution in [0.4, 0.5) is 26.3 Å². The molecule has 0 atom stereocenters. The van der Waals surface area contributed by atoms with Crippen LogP contribution in [0.5, 0.6) is 0 Å². The van der Waals surface area contributed by atoms with Crippen LogP contribution in [0.15, 0.2) is 70.8 Å². The number of rotatable bonds is 3. The third-order valence-corrected chi connectivity index (χ3v) is 7.84. The molecule has 13 heteroatoms. The Hall–Kier alpha value is -4.00. The van der Waals surface area contributed by atoms with Crippen molar-refractivity contribution in [2.45, 2.75) is 32.0 Å². The predicted octanol–water partition coefficient (Wildman–Crippen LogP) is 6.41. The van der Waals surface area contributed by atoms with E-state index in [1.54, 1.807) is 24.3 Å². The second-order valence-electron chi connectivity index (χ2n) is 9.41. The second-order valence-corrected chi connectivity index (χ2v) is 10.4. The second kappa shape index (κ2) is 9.58. The molecule has 0 unspecified atom stereocenters. The molecule has 4 aromatic rings. The summed E-state index contributed by atoms with van der Waals surface area (Å²) in [5, 5.41) is 5.40. The molecule has 0 fully saturated rings. The van der Waals surface area contributed by atoms with Crippen LogP contribution in [-0.4, -0.2) is 36.9 Å². The Balaban J connectivity index is 1.22. The molecule has 6 nitrogen and oxygen atoms in total. The molecule has 0 aliphatic carbocycles. The van der Waals surface area contributed by atoms with Gasteiger partial charge in [-0.25, -0.2) is 0 Å². The Kier molecular flexibility index (Phi) is 6.28. The van der Waals surface area contributed by atoms with Gasteiger partial charge in [0, 0.05) is 30.4 Å². The molecule has 0 saturated heterocycles. The fourth-order valence-electron chi connectivity index (χ4n) is 4.80. The fourth-order valence-corrected chi connectivity index (χ4v) is 5.74. The predicted molar refractivity (Wildman–Crippen MR) is 138 cm³/mol. The van der Waals surface area contributed by atoms with E-state index in [2.05, 4.69) is 19.6 Å². The van der Waals surface area contributed by atoms with Crippen LogP contribution in [-0.2, 0) is 36.8 Å². The number of aliphatic imine (C=N–C) groups is 1. The lowest BCUT2D eigenvalue weighted by atomic mass is 10.0. The summed E-state index contributed by atoms with van der Waals surface area (Å²) in [5.41, 5.74) is -0.749. The minimum Gasteiger partial charge on any atom is -0.348 e. The number of nitrogens with zero attached hydrogens (tertiary/aromatic N) is 5. The van der Waals surface area contributed by atoms with Gasteiger partial charge in [0.1, 0.15) is 0 Å². The van der Waals surface area contributed by atoms with Crippen LogP contribution < -0.4 is 0 Å². The summed E-state index contributed by atoms with van der Waals surface area (Å²) in [4.78, 5) is 19.3. The number of hydrogen-bond acceptors (Lipinski definition) is 4. The zero-order valence-electron chi connectivity index (χ0n) is 20.5. The molecule has 0 spiro atoms. The third-order valence-electron chi connectivity index (χ3n) is 6.79. The molecule has 6 rings (SSSR count). The highest BCUT2D eigenvalue weighted by Crippen LogP contribution is 2.38. The van der Waals surface area contributed by atoms with Crippen LogP contribution in [0.1, 0.15) is 27.9 Å². The number of thioether (sulfide) groups is 1. The van der Waals surface area contributed by atoms with Gasteiger partial charge in [-0.05, 0) is 65.4 Å². The molecule has 2 aromatic carbocycles. The number of hydrogen-bond donors (Lipinski definition) is 0. The molecular formula is C27H19F6N5OS. The summed E-state index contributed by atoms with van der Waals surface area (Å²) in [6.45, 7) is 1.81. The van der Waals surface area contributed by atoms with E-state index in [0.717, 1.165) is 24.8 Å². The maximum atomic E-state index is 13.6. The molecule has 40 heavy (non-hydrogen) atoms. The van der Waals surface area contributed by atoms with Crippen molar-refractivity contribution in [1.82, 2.24) is 19.2 Å². The lowest BCUT2D eigenvalue weighted by molar-refractivity contribution is -0.143. The molecule has 0 N–H and O–H groups in total. The van der Waals surface area contributed by atoms with Gasteiger partial charge in [-0.2, -0.15) is 36.4 Å². The Morgan fingerprint density at radius 2 is 1.80 bits per heavy atom. The minimum absolute atomic E-state index is 0.124. The van der Waals surface area contributed by atoms with E-state index in [-0.39, 0.29) is 24.1 Å². The third kappa shape index (κ3) is 5.01.